The summed E-state index contributed by atoms with van der Waals surface area (Å²) in [5.74, 6) is 0. The molecule has 0 radical (unpaired) electrons. The molecule has 0 heterocycles. The van der Waals surface area contributed by atoms with Crippen LogP contribution in [0.3, 0.4) is 0 Å². The van der Waals surface area contributed by atoms with Gasteiger partial charge in [0.2, 0.25) is 0 Å². The summed E-state index contributed by atoms with van der Waals surface area (Å²) in [6.45, 7) is 16.9. The van der Waals surface area contributed by atoms with Crippen LogP contribution in [-0.2, 0) is 0 Å². The van der Waals surface area contributed by atoms with Gasteiger partial charge in [0, 0.05) is 0 Å². The molecule has 0 spiro atoms. The highest BCUT2D eigenvalue weighted by molar-refractivity contribution is 5.45. The van der Waals surface area contributed by atoms with Crippen molar-refractivity contribution in [2.45, 2.75) is 33.6 Å². The maximum atomic E-state index is 3.63. The first kappa shape index (κ1) is 17.8. The average molecular weight is 230 g/mol. The van der Waals surface area contributed by atoms with Crippen molar-refractivity contribution < 1.29 is 0 Å². The molecule has 0 atom stereocenters. The Balaban J connectivity index is 0. The second-order valence-corrected chi connectivity index (χ2v) is 3.67. The summed E-state index contributed by atoms with van der Waals surface area (Å²) in [6, 6.07) is 10.0. The van der Waals surface area contributed by atoms with Gasteiger partial charge in [-0.25, -0.2) is 0 Å². The molecule has 0 saturated heterocycles. The zero-order valence-electron chi connectivity index (χ0n) is 11.6. The molecule has 0 nitrogen and oxygen atoms in total. The second-order valence-electron chi connectivity index (χ2n) is 3.67. The number of hydrogen-bond donors (Lipinski definition) is 0. The van der Waals surface area contributed by atoms with Gasteiger partial charge in [-0.05, 0) is 12.5 Å². The number of unbranched alkanes of at least 4 members (excludes halogenated alkanes) is 1. The van der Waals surface area contributed by atoms with Gasteiger partial charge in [0.05, 0.1) is 0 Å². The minimum Gasteiger partial charge on any atom is -0.0988 e. The van der Waals surface area contributed by atoms with Gasteiger partial charge in [0.25, 0.3) is 0 Å². The maximum absolute atomic E-state index is 3.63. The van der Waals surface area contributed by atoms with E-state index >= 15 is 0 Å². The molecule has 0 fully saturated rings. The highest BCUT2D eigenvalue weighted by Gasteiger charge is 1.75. The minimum absolute atomic E-state index is 1.02. The minimum atomic E-state index is 1.02. The summed E-state index contributed by atoms with van der Waals surface area (Å²) >= 11 is 0. The van der Waals surface area contributed by atoms with Gasteiger partial charge in [0.1, 0.15) is 0 Å². The van der Waals surface area contributed by atoms with Crippen LogP contribution in [0.15, 0.2) is 61.7 Å². The molecule has 0 aliphatic heterocycles. The van der Waals surface area contributed by atoms with Crippen molar-refractivity contribution in [3.63, 3.8) is 0 Å². The zero-order chi connectivity index (χ0) is 13.5. The lowest BCUT2D eigenvalue weighted by molar-refractivity contribution is 0.886. The highest BCUT2D eigenvalue weighted by atomic mass is 13.8. The van der Waals surface area contributed by atoms with Gasteiger partial charge in [0.15, 0.2) is 0 Å². The Kier molecular flexibility index (Phi) is 15.1. The van der Waals surface area contributed by atoms with Crippen molar-refractivity contribution in [3.8, 4) is 0 Å². The van der Waals surface area contributed by atoms with Crippen LogP contribution in [0.25, 0.3) is 6.08 Å². The molecular weight excluding hydrogens is 204 g/mol. The number of hydrogen-bond acceptors (Lipinski definition) is 0. The van der Waals surface area contributed by atoms with Crippen molar-refractivity contribution >= 4 is 6.08 Å². The fourth-order valence-corrected chi connectivity index (χ4v) is 0.589. The second kappa shape index (κ2) is 14.4. The number of benzene rings is 1. The molecule has 0 aromatic heterocycles. The fraction of sp³-hybridized carbons (Fsp3) is 0.294. The van der Waals surface area contributed by atoms with Crippen molar-refractivity contribution in [3.05, 3.63) is 67.3 Å². The molecule has 94 valence electrons. The molecule has 0 N–H and O–H groups in total. The van der Waals surface area contributed by atoms with Gasteiger partial charge < -0.3 is 0 Å². The molecule has 0 saturated carbocycles. The molecule has 0 heteroatoms. The van der Waals surface area contributed by atoms with E-state index in [2.05, 4.69) is 33.6 Å². The van der Waals surface area contributed by atoms with Crippen LogP contribution < -0.4 is 0 Å². The SMILES string of the molecule is C=CC(=C)C.C=Cc1ccccc1.CCCC. The Morgan fingerprint density at radius 2 is 1.47 bits per heavy atom. The van der Waals surface area contributed by atoms with Gasteiger partial charge >= 0.3 is 0 Å². The van der Waals surface area contributed by atoms with Gasteiger partial charge in [-0.2, -0.15) is 0 Å². The van der Waals surface area contributed by atoms with Crippen molar-refractivity contribution in [2.75, 3.05) is 0 Å². The van der Waals surface area contributed by atoms with Crippen LogP contribution in [-0.4, -0.2) is 0 Å². The predicted octanol–water partition coefficient (Wildman–Crippen LogP) is 5.88. The molecular formula is C17H26. The van der Waals surface area contributed by atoms with Crippen molar-refractivity contribution in [1.82, 2.24) is 0 Å². The normalized spacial score (nSPS) is 7.71. The molecule has 0 amide bonds. The van der Waals surface area contributed by atoms with Crippen LogP contribution in [0.4, 0.5) is 0 Å². The molecule has 1 aromatic carbocycles. The molecule has 0 bridgehead atoms. The molecule has 17 heavy (non-hydrogen) atoms. The topological polar surface area (TPSA) is 0 Å². The first-order valence-electron chi connectivity index (χ1n) is 6.07. The quantitative estimate of drug-likeness (QED) is 0.568. The van der Waals surface area contributed by atoms with Crippen LogP contribution in [0.1, 0.15) is 39.2 Å². The lowest BCUT2D eigenvalue weighted by Gasteiger charge is -1.85. The Labute approximate surface area is 107 Å². The molecule has 1 rings (SSSR count). The van der Waals surface area contributed by atoms with E-state index in [0.29, 0.717) is 0 Å². The van der Waals surface area contributed by atoms with Gasteiger partial charge in [-0.15, -0.1) is 0 Å². The van der Waals surface area contributed by atoms with E-state index in [4.69, 9.17) is 0 Å². The fourth-order valence-electron chi connectivity index (χ4n) is 0.589. The van der Waals surface area contributed by atoms with E-state index in [0.717, 1.165) is 5.57 Å². The Morgan fingerprint density at radius 3 is 1.65 bits per heavy atom. The van der Waals surface area contributed by atoms with E-state index in [9.17, 15) is 0 Å². The van der Waals surface area contributed by atoms with E-state index in [-0.39, 0.29) is 0 Å². The monoisotopic (exact) mass is 230 g/mol. The molecule has 0 unspecified atom stereocenters. The lowest BCUT2D eigenvalue weighted by Crippen LogP contribution is -1.63. The van der Waals surface area contributed by atoms with Gasteiger partial charge in [-0.1, -0.05) is 94.5 Å². The lowest BCUT2D eigenvalue weighted by atomic mass is 10.2. The molecule has 1 aromatic rings. The largest absolute Gasteiger partial charge is 0.0988 e. The average Bonchev–Trinajstić information content (AvgIpc) is 2.40. The highest BCUT2D eigenvalue weighted by Crippen LogP contribution is 1.97. The number of rotatable bonds is 3. The van der Waals surface area contributed by atoms with Crippen LogP contribution in [0.2, 0.25) is 0 Å². The van der Waals surface area contributed by atoms with Crippen molar-refractivity contribution in [2.24, 2.45) is 0 Å². The summed E-state index contributed by atoms with van der Waals surface area (Å²) in [5.41, 5.74) is 2.19. The summed E-state index contributed by atoms with van der Waals surface area (Å²) in [7, 11) is 0. The first-order valence-corrected chi connectivity index (χ1v) is 6.07. The Bertz CT molecular complexity index is 291. The van der Waals surface area contributed by atoms with E-state index in [1.807, 2.05) is 43.3 Å². The van der Waals surface area contributed by atoms with Crippen LogP contribution in [0.5, 0.6) is 0 Å². The smallest absolute Gasteiger partial charge is 0.0263 e. The summed E-state index contributed by atoms with van der Waals surface area (Å²) in [6.07, 6.45) is 6.19. The first-order chi connectivity index (χ1) is 8.12. The Morgan fingerprint density at radius 1 is 1.06 bits per heavy atom. The van der Waals surface area contributed by atoms with E-state index in [1.165, 1.54) is 18.4 Å². The summed E-state index contributed by atoms with van der Waals surface area (Å²) in [5, 5.41) is 0. The molecule has 0 aliphatic carbocycles. The summed E-state index contributed by atoms with van der Waals surface area (Å²) < 4.78 is 0. The number of allylic oxidation sites excluding steroid dienone is 2. The summed E-state index contributed by atoms with van der Waals surface area (Å²) in [4.78, 5) is 0. The third-order valence-corrected chi connectivity index (χ3v) is 1.88. The van der Waals surface area contributed by atoms with E-state index in [1.54, 1.807) is 6.08 Å². The standard InChI is InChI=1S/C8H8.C5H8.C4H10/c1-2-8-6-4-3-5-7-8;1-4-5(2)3;1-3-4-2/h2-7H,1H2;4H,1-2H2,3H3;3-4H2,1-2H3. The maximum Gasteiger partial charge on any atom is -0.0263 e. The van der Waals surface area contributed by atoms with Gasteiger partial charge in [-0.3, -0.25) is 0 Å². The zero-order valence-corrected chi connectivity index (χ0v) is 11.6. The predicted molar refractivity (Wildman–Crippen MR) is 82.1 cm³/mol. The van der Waals surface area contributed by atoms with E-state index < -0.39 is 0 Å². The van der Waals surface area contributed by atoms with Crippen LogP contribution in [0, 0.1) is 0 Å². The molecule has 0 aliphatic rings. The third kappa shape index (κ3) is 17.1. The van der Waals surface area contributed by atoms with Crippen molar-refractivity contribution in [1.29, 1.82) is 0 Å². The third-order valence-electron chi connectivity index (χ3n) is 1.88. The van der Waals surface area contributed by atoms with Crippen LogP contribution >= 0.6 is 0 Å². The Hall–Kier alpha value is -1.56.